The lowest BCUT2D eigenvalue weighted by atomic mass is 10.1. The monoisotopic (exact) mass is 365 g/mol. The van der Waals surface area contributed by atoms with Crippen molar-refractivity contribution < 1.29 is 9.53 Å². The first-order valence-corrected chi connectivity index (χ1v) is 9.16. The summed E-state index contributed by atoms with van der Waals surface area (Å²) in [5.74, 6) is 0. The summed E-state index contributed by atoms with van der Waals surface area (Å²) in [6.07, 6.45) is 1.70. The second-order valence-corrected chi connectivity index (χ2v) is 7.71. The van der Waals surface area contributed by atoms with Crippen LogP contribution in [0, 0.1) is 0 Å². The third kappa shape index (κ3) is 5.11. The van der Waals surface area contributed by atoms with Gasteiger partial charge in [0.05, 0.1) is 0 Å². The molecule has 0 fully saturated rings. The molecule has 142 valence electrons. The lowest BCUT2D eigenvalue weighted by molar-refractivity contribution is 0.0523. The Balaban J connectivity index is 1.63. The number of benzene rings is 2. The molecule has 1 heterocycles. The molecular weight excluding hydrogens is 338 g/mol. The molecule has 0 aliphatic heterocycles. The first kappa shape index (κ1) is 19.0. The molecule has 3 rings (SSSR count). The van der Waals surface area contributed by atoms with Crippen molar-refractivity contribution in [2.24, 2.45) is 5.73 Å². The van der Waals surface area contributed by atoms with Crippen molar-refractivity contribution in [3.05, 3.63) is 71.4 Å². The van der Waals surface area contributed by atoms with Crippen LogP contribution < -0.4 is 11.1 Å². The number of amides is 1. The Hall–Kier alpha value is -2.79. The standard InChI is InChI=1S/C22H27N3O2/c1-22(2,3)27-21(26)24-14-16-4-6-17(7-5-16)15-25-11-10-19-9-8-18(13-23)12-20(19)25/h4-12H,13-15,23H2,1-3H3,(H,24,26). The number of hydrogen-bond donors (Lipinski definition) is 2. The van der Waals surface area contributed by atoms with Gasteiger partial charge < -0.3 is 20.4 Å². The Morgan fingerprint density at radius 2 is 1.70 bits per heavy atom. The predicted molar refractivity (Wildman–Crippen MR) is 108 cm³/mol. The van der Waals surface area contributed by atoms with Gasteiger partial charge in [0, 0.05) is 31.3 Å². The van der Waals surface area contributed by atoms with Crippen molar-refractivity contribution in [3.8, 4) is 0 Å². The van der Waals surface area contributed by atoms with E-state index in [1.54, 1.807) is 0 Å². The molecule has 0 radical (unpaired) electrons. The Kier molecular flexibility index (Phi) is 5.51. The fourth-order valence-electron chi connectivity index (χ4n) is 2.94. The molecule has 1 amide bonds. The fourth-order valence-corrected chi connectivity index (χ4v) is 2.94. The van der Waals surface area contributed by atoms with Gasteiger partial charge in [0.25, 0.3) is 0 Å². The van der Waals surface area contributed by atoms with E-state index in [9.17, 15) is 4.79 Å². The molecule has 0 bridgehead atoms. The number of carbonyl (C=O) groups excluding carboxylic acids is 1. The number of ether oxygens (including phenoxy) is 1. The van der Waals surface area contributed by atoms with Gasteiger partial charge in [-0.25, -0.2) is 4.79 Å². The minimum Gasteiger partial charge on any atom is -0.444 e. The van der Waals surface area contributed by atoms with E-state index in [0.29, 0.717) is 13.1 Å². The van der Waals surface area contributed by atoms with Gasteiger partial charge in [-0.3, -0.25) is 0 Å². The van der Waals surface area contributed by atoms with Crippen LogP contribution in [0.2, 0.25) is 0 Å². The van der Waals surface area contributed by atoms with Crippen LogP contribution in [-0.2, 0) is 24.4 Å². The SMILES string of the molecule is CC(C)(C)OC(=O)NCc1ccc(Cn2ccc3ccc(CN)cc32)cc1. The molecule has 0 atom stereocenters. The first-order valence-electron chi connectivity index (χ1n) is 9.16. The quantitative estimate of drug-likeness (QED) is 0.713. The number of nitrogens with one attached hydrogen (secondary N) is 1. The Bertz CT molecular complexity index is 921. The van der Waals surface area contributed by atoms with Gasteiger partial charge in [0.2, 0.25) is 0 Å². The highest BCUT2D eigenvalue weighted by molar-refractivity contribution is 5.81. The van der Waals surface area contributed by atoms with Crippen LogP contribution in [-0.4, -0.2) is 16.3 Å². The highest BCUT2D eigenvalue weighted by atomic mass is 16.6. The third-order valence-electron chi connectivity index (χ3n) is 4.29. The average Bonchev–Trinajstić information content (AvgIpc) is 3.01. The van der Waals surface area contributed by atoms with Gasteiger partial charge in [-0.05, 0) is 55.0 Å². The largest absolute Gasteiger partial charge is 0.444 e. The molecule has 5 nitrogen and oxygen atoms in total. The van der Waals surface area contributed by atoms with E-state index in [-0.39, 0.29) is 0 Å². The van der Waals surface area contributed by atoms with Crippen molar-refractivity contribution >= 4 is 17.0 Å². The van der Waals surface area contributed by atoms with Crippen molar-refractivity contribution in [1.82, 2.24) is 9.88 Å². The predicted octanol–water partition coefficient (Wildman–Crippen LogP) is 4.17. The molecule has 3 aromatic rings. The van der Waals surface area contributed by atoms with Crippen LogP contribution in [0.15, 0.2) is 54.7 Å². The Morgan fingerprint density at radius 3 is 2.37 bits per heavy atom. The summed E-state index contributed by atoms with van der Waals surface area (Å²) in [5, 5.41) is 3.99. The summed E-state index contributed by atoms with van der Waals surface area (Å²) in [5.41, 5.74) is 9.83. The van der Waals surface area contributed by atoms with Crippen molar-refractivity contribution in [3.63, 3.8) is 0 Å². The molecule has 3 N–H and O–H groups in total. The van der Waals surface area contributed by atoms with Crippen LogP contribution in [0.1, 0.15) is 37.5 Å². The lowest BCUT2D eigenvalue weighted by Gasteiger charge is -2.19. The van der Waals surface area contributed by atoms with E-state index in [1.165, 1.54) is 16.5 Å². The number of aromatic nitrogens is 1. The normalized spacial score (nSPS) is 11.6. The molecule has 5 heteroatoms. The lowest BCUT2D eigenvalue weighted by Crippen LogP contribution is -2.32. The number of alkyl carbamates (subject to hydrolysis) is 1. The van der Waals surface area contributed by atoms with Crippen LogP contribution in [0.5, 0.6) is 0 Å². The van der Waals surface area contributed by atoms with Gasteiger partial charge in [-0.1, -0.05) is 36.4 Å². The van der Waals surface area contributed by atoms with E-state index in [4.69, 9.17) is 10.5 Å². The number of carbonyl (C=O) groups is 1. The molecule has 0 saturated heterocycles. The minimum absolute atomic E-state index is 0.402. The number of rotatable bonds is 5. The maximum atomic E-state index is 11.7. The summed E-state index contributed by atoms with van der Waals surface area (Å²) in [4.78, 5) is 11.7. The van der Waals surface area contributed by atoms with Crippen LogP contribution in [0.4, 0.5) is 4.79 Å². The topological polar surface area (TPSA) is 69.3 Å². The zero-order chi connectivity index (χ0) is 19.4. The highest BCUT2D eigenvalue weighted by Crippen LogP contribution is 2.19. The maximum absolute atomic E-state index is 11.7. The average molecular weight is 365 g/mol. The summed E-state index contributed by atoms with van der Waals surface area (Å²) >= 11 is 0. The van der Waals surface area contributed by atoms with E-state index in [1.807, 2.05) is 32.9 Å². The van der Waals surface area contributed by atoms with Gasteiger partial charge in [0.1, 0.15) is 5.60 Å². The highest BCUT2D eigenvalue weighted by Gasteiger charge is 2.15. The Morgan fingerprint density at radius 1 is 1.04 bits per heavy atom. The zero-order valence-electron chi connectivity index (χ0n) is 16.2. The van der Waals surface area contributed by atoms with Crippen LogP contribution in [0.25, 0.3) is 10.9 Å². The van der Waals surface area contributed by atoms with E-state index < -0.39 is 11.7 Å². The molecular formula is C22H27N3O2. The van der Waals surface area contributed by atoms with Crippen molar-refractivity contribution in [2.45, 2.75) is 46.0 Å². The number of hydrogen-bond acceptors (Lipinski definition) is 3. The molecule has 2 aromatic carbocycles. The van der Waals surface area contributed by atoms with Crippen molar-refractivity contribution in [1.29, 1.82) is 0 Å². The smallest absolute Gasteiger partial charge is 0.407 e. The molecule has 0 unspecified atom stereocenters. The number of fused-ring (bicyclic) bond motifs is 1. The van der Waals surface area contributed by atoms with E-state index in [0.717, 1.165) is 17.7 Å². The van der Waals surface area contributed by atoms with Gasteiger partial charge in [0.15, 0.2) is 0 Å². The van der Waals surface area contributed by atoms with Gasteiger partial charge >= 0.3 is 6.09 Å². The first-order chi connectivity index (χ1) is 12.8. The van der Waals surface area contributed by atoms with Crippen LogP contribution in [0.3, 0.4) is 0 Å². The summed E-state index contributed by atoms with van der Waals surface area (Å²) < 4.78 is 7.48. The molecule has 0 aliphatic carbocycles. The molecule has 0 spiro atoms. The van der Waals surface area contributed by atoms with Crippen LogP contribution >= 0.6 is 0 Å². The second-order valence-electron chi connectivity index (χ2n) is 7.71. The maximum Gasteiger partial charge on any atom is 0.407 e. The van der Waals surface area contributed by atoms with Gasteiger partial charge in [-0.15, -0.1) is 0 Å². The number of nitrogens with two attached hydrogens (primary N) is 1. The number of nitrogens with zero attached hydrogens (tertiary/aromatic N) is 1. The molecule has 27 heavy (non-hydrogen) atoms. The summed E-state index contributed by atoms with van der Waals surface area (Å²) in [7, 11) is 0. The molecule has 0 aliphatic rings. The van der Waals surface area contributed by atoms with Crippen molar-refractivity contribution in [2.75, 3.05) is 0 Å². The fraction of sp³-hybridized carbons (Fsp3) is 0.318. The zero-order valence-corrected chi connectivity index (χ0v) is 16.2. The minimum atomic E-state index is -0.489. The summed E-state index contributed by atoms with van der Waals surface area (Å²) in [6.45, 7) is 7.33. The molecule has 0 saturated carbocycles. The summed E-state index contributed by atoms with van der Waals surface area (Å²) in [6, 6.07) is 16.7. The van der Waals surface area contributed by atoms with Gasteiger partial charge in [-0.2, -0.15) is 0 Å². The molecule has 1 aromatic heterocycles. The second kappa shape index (κ2) is 7.84. The third-order valence-corrected chi connectivity index (χ3v) is 4.29. The van der Waals surface area contributed by atoms with E-state index in [2.05, 4.69) is 52.5 Å². The van der Waals surface area contributed by atoms with E-state index >= 15 is 0 Å². The Labute approximate surface area is 160 Å².